The summed E-state index contributed by atoms with van der Waals surface area (Å²) in [6.45, 7) is 2.51. The van der Waals surface area contributed by atoms with Crippen molar-refractivity contribution in [1.29, 1.82) is 0 Å². The number of ether oxygens (including phenoxy) is 2. The number of nitrogens with zero attached hydrogens (tertiary/aromatic N) is 1. The van der Waals surface area contributed by atoms with E-state index < -0.39 is 0 Å². The smallest absolute Gasteiger partial charge is 0.162 e. The molecule has 6 heteroatoms. The van der Waals surface area contributed by atoms with E-state index in [9.17, 15) is 5.11 Å². The summed E-state index contributed by atoms with van der Waals surface area (Å²) < 4.78 is 16.7. The topological polar surface area (TPSA) is 64.7 Å². The van der Waals surface area contributed by atoms with Crippen LogP contribution in [0.25, 0.3) is 0 Å². The number of hydrogen-bond donors (Lipinski definition) is 1. The van der Waals surface area contributed by atoms with E-state index >= 15 is 0 Å². The summed E-state index contributed by atoms with van der Waals surface area (Å²) in [6, 6.07) is 5.56. The van der Waals surface area contributed by atoms with Gasteiger partial charge in [-0.25, -0.2) is 0 Å². The van der Waals surface area contributed by atoms with Crippen molar-refractivity contribution in [3.63, 3.8) is 0 Å². The summed E-state index contributed by atoms with van der Waals surface area (Å²) in [5.74, 6) is 1.33. The van der Waals surface area contributed by atoms with Crippen LogP contribution in [-0.2, 0) is 24.6 Å². The van der Waals surface area contributed by atoms with Gasteiger partial charge in [0.15, 0.2) is 5.76 Å². The predicted octanol–water partition coefficient (Wildman–Crippen LogP) is 2.96. The number of aryl methyl sites for hydroxylation is 1. The molecule has 0 fully saturated rings. The van der Waals surface area contributed by atoms with Crippen LogP contribution in [0, 0.1) is 6.92 Å². The van der Waals surface area contributed by atoms with Gasteiger partial charge in [0.1, 0.15) is 24.7 Å². The van der Waals surface area contributed by atoms with E-state index in [1.54, 1.807) is 13.2 Å². The fraction of sp³-hybridized carbons (Fsp3) is 0.357. The van der Waals surface area contributed by atoms with Crippen molar-refractivity contribution in [2.45, 2.75) is 26.7 Å². The molecule has 0 saturated heterocycles. The molecule has 20 heavy (non-hydrogen) atoms. The normalized spacial score (nSPS) is 10.8. The van der Waals surface area contributed by atoms with E-state index in [1.165, 1.54) is 0 Å². The highest BCUT2D eigenvalue weighted by Gasteiger charge is 2.10. The molecule has 1 heterocycles. The minimum absolute atomic E-state index is 0.0800. The summed E-state index contributed by atoms with van der Waals surface area (Å²) in [5, 5.41) is 13.3. The molecule has 0 unspecified atom stereocenters. The maximum atomic E-state index is 9.39. The van der Waals surface area contributed by atoms with Crippen LogP contribution >= 0.6 is 15.9 Å². The highest BCUT2D eigenvalue weighted by molar-refractivity contribution is 9.10. The first-order chi connectivity index (χ1) is 9.63. The van der Waals surface area contributed by atoms with Gasteiger partial charge in [-0.1, -0.05) is 21.1 Å². The number of rotatable bonds is 6. The largest absolute Gasteiger partial charge is 0.487 e. The van der Waals surface area contributed by atoms with Gasteiger partial charge in [-0.05, 0) is 24.6 Å². The van der Waals surface area contributed by atoms with Gasteiger partial charge in [0.05, 0.1) is 6.61 Å². The van der Waals surface area contributed by atoms with Crippen molar-refractivity contribution >= 4 is 15.9 Å². The fourth-order valence-electron chi connectivity index (χ4n) is 1.90. The summed E-state index contributed by atoms with van der Waals surface area (Å²) >= 11 is 3.40. The van der Waals surface area contributed by atoms with E-state index in [4.69, 9.17) is 14.0 Å². The minimum Gasteiger partial charge on any atom is -0.487 e. The van der Waals surface area contributed by atoms with E-state index in [1.807, 2.05) is 19.1 Å². The third-order valence-corrected chi connectivity index (χ3v) is 3.20. The van der Waals surface area contributed by atoms with Crippen LogP contribution in [0.4, 0.5) is 0 Å². The lowest BCUT2D eigenvalue weighted by Crippen LogP contribution is -2.01. The number of halogens is 1. The molecule has 0 bridgehead atoms. The Morgan fingerprint density at radius 2 is 2.10 bits per heavy atom. The van der Waals surface area contributed by atoms with Gasteiger partial charge >= 0.3 is 0 Å². The monoisotopic (exact) mass is 341 g/mol. The molecular formula is C14H16BrNO4. The zero-order valence-corrected chi connectivity index (χ0v) is 12.9. The number of benzene rings is 1. The van der Waals surface area contributed by atoms with E-state index in [2.05, 4.69) is 21.1 Å². The van der Waals surface area contributed by atoms with Crippen LogP contribution in [0.2, 0.25) is 0 Å². The van der Waals surface area contributed by atoms with Crippen molar-refractivity contribution in [2.75, 3.05) is 7.11 Å². The molecular weight excluding hydrogens is 326 g/mol. The Morgan fingerprint density at radius 3 is 2.80 bits per heavy atom. The van der Waals surface area contributed by atoms with Gasteiger partial charge in [0.25, 0.3) is 0 Å². The Bertz CT molecular complexity index is 583. The van der Waals surface area contributed by atoms with E-state index in [-0.39, 0.29) is 13.2 Å². The fourth-order valence-corrected chi connectivity index (χ4v) is 2.52. The first-order valence-electron chi connectivity index (χ1n) is 6.10. The highest BCUT2D eigenvalue weighted by atomic mass is 79.9. The standard InChI is InChI=1S/C14H16BrNO4/c1-9-3-11(15)4-10(6-17)14(9)19-7-12-5-13(8-18-2)20-16-12/h3-5,17H,6-8H2,1-2H3. The van der Waals surface area contributed by atoms with Crippen molar-refractivity contribution in [3.8, 4) is 5.75 Å². The summed E-state index contributed by atoms with van der Waals surface area (Å²) in [7, 11) is 1.59. The van der Waals surface area contributed by atoms with Crippen LogP contribution in [-0.4, -0.2) is 17.4 Å². The quantitative estimate of drug-likeness (QED) is 0.874. The van der Waals surface area contributed by atoms with E-state index in [0.29, 0.717) is 23.8 Å². The maximum absolute atomic E-state index is 9.39. The second kappa shape index (κ2) is 6.88. The Balaban J connectivity index is 2.10. The first-order valence-corrected chi connectivity index (χ1v) is 6.89. The zero-order chi connectivity index (χ0) is 14.5. The molecule has 0 spiro atoms. The molecule has 0 atom stereocenters. The predicted molar refractivity (Wildman–Crippen MR) is 76.3 cm³/mol. The average Bonchev–Trinajstić information content (AvgIpc) is 2.85. The number of hydrogen-bond acceptors (Lipinski definition) is 5. The minimum atomic E-state index is -0.0800. The van der Waals surface area contributed by atoms with Gasteiger partial charge in [-0.2, -0.15) is 0 Å². The van der Waals surface area contributed by atoms with Crippen LogP contribution in [0.3, 0.4) is 0 Å². The second-order valence-corrected chi connectivity index (χ2v) is 5.29. The van der Waals surface area contributed by atoms with Crippen LogP contribution in [0.1, 0.15) is 22.6 Å². The SMILES string of the molecule is COCc1cc(COc2c(C)cc(Br)cc2CO)no1. The van der Waals surface area contributed by atoms with Crippen LogP contribution < -0.4 is 4.74 Å². The molecule has 108 valence electrons. The molecule has 0 amide bonds. The molecule has 0 aliphatic carbocycles. The van der Waals surface area contributed by atoms with Gasteiger partial charge in [0, 0.05) is 23.2 Å². The number of aliphatic hydroxyl groups is 1. The Morgan fingerprint density at radius 1 is 1.30 bits per heavy atom. The van der Waals surface area contributed by atoms with Crippen molar-refractivity contribution in [2.24, 2.45) is 0 Å². The zero-order valence-electron chi connectivity index (χ0n) is 11.4. The van der Waals surface area contributed by atoms with Crippen molar-refractivity contribution < 1.29 is 19.1 Å². The lowest BCUT2D eigenvalue weighted by Gasteiger charge is -2.12. The number of aliphatic hydroxyl groups excluding tert-OH is 1. The van der Waals surface area contributed by atoms with Crippen LogP contribution in [0.5, 0.6) is 5.75 Å². The van der Waals surface area contributed by atoms with Gasteiger partial charge < -0.3 is 19.1 Å². The Hall–Kier alpha value is -1.37. The molecule has 5 nitrogen and oxygen atoms in total. The molecule has 1 aromatic carbocycles. The first kappa shape index (κ1) is 15.0. The van der Waals surface area contributed by atoms with E-state index in [0.717, 1.165) is 15.6 Å². The lowest BCUT2D eigenvalue weighted by molar-refractivity contribution is 0.155. The second-order valence-electron chi connectivity index (χ2n) is 4.38. The molecule has 2 rings (SSSR count). The number of aromatic nitrogens is 1. The van der Waals surface area contributed by atoms with Crippen molar-refractivity contribution in [3.05, 3.63) is 45.3 Å². The van der Waals surface area contributed by atoms with Crippen molar-refractivity contribution in [1.82, 2.24) is 5.16 Å². The van der Waals surface area contributed by atoms with Gasteiger partial charge in [0.2, 0.25) is 0 Å². The Kier molecular flexibility index (Phi) is 5.17. The van der Waals surface area contributed by atoms with Gasteiger partial charge in [-0.15, -0.1) is 0 Å². The molecule has 2 aromatic rings. The Labute approximate surface area is 125 Å². The third-order valence-electron chi connectivity index (χ3n) is 2.75. The molecule has 0 radical (unpaired) electrons. The molecule has 0 aliphatic rings. The summed E-state index contributed by atoms with van der Waals surface area (Å²) in [5.41, 5.74) is 2.37. The molecule has 0 aliphatic heterocycles. The molecule has 0 saturated carbocycles. The van der Waals surface area contributed by atoms with Gasteiger partial charge in [-0.3, -0.25) is 0 Å². The third kappa shape index (κ3) is 3.59. The summed E-state index contributed by atoms with van der Waals surface area (Å²) in [4.78, 5) is 0. The number of methoxy groups -OCH3 is 1. The summed E-state index contributed by atoms with van der Waals surface area (Å²) in [6.07, 6.45) is 0. The maximum Gasteiger partial charge on any atom is 0.162 e. The lowest BCUT2D eigenvalue weighted by atomic mass is 10.1. The highest BCUT2D eigenvalue weighted by Crippen LogP contribution is 2.28. The average molecular weight is 342 g/mol. The molecule has 1 N–H and O–H groups in total. The molecule has 1 aromatic heterocycles. The van der Waals surface area contributed by atoms with Crippen LogP contribution in [0.15, 0.2) is 27.2 Å².